The molecular formula is C21H29N3O2. The number of benzene rings is 1. The van der Waals surface area contributed by atoms with Crippen LogP contribution >= 0.6 is 0 Å². The number of amides is 2. The highest BCUT2D eigenvalue weighted by atomic mass is 16.2. The molecule has 0 radical (unpaired) electrons. The highest BCUT2D eigenvalue weighted by Crippen LogP contribution is 2.36. The first-order chi connectivity index (χ1) is 12.4. The van der Waals surface area contributed by atoms with Crippen molar-refractivity contribution < 1.29 is 9.59 Å². The number of likely N-dealkylation sites (tertiary alicyclic amines) is 1. The van der Waals surface area contributed by atoms with Gasteiger partial charge in [0.25, 0.3) is 0 Å². The number of piperazine rings is 1. The fourth-order valence-corrected chi connectivity index (χ4v) is 4.83. The molecule has 1 atom stereocenters. The number of hydrogen-bond donors (Lipinski definition) is 0. The average Bonchev–Trinajstić information content (AvgIpc) is 3.16. The summed E-state index contributed by atoms with van der Waals surface area (Å²) in [5, 5.41) is 0. The van der Waals surface area contributed by atoms with Crippen LogP contribution in [0.1, 0.15) is 31.4 Å². The first-order valence-electron chi connectivity index (χ1n) is 9.74. The SMILES string of the molecule is CN1C(=O)C[C@H](C(=O)N2CCN(C3Cc4ccccc4C3)CC2)C1(C)C. The van der Waals surface area contributed by atoms with Gasteiger partial charge in [0.2, 0.25) is 11.8 Å². The molecular weight excluding hydrogens is 326 g/mol. The summed E-state index contributed by atoms with van der Waals surface area (Å²) in [5.41, 5.74) is 2.56. The van der Waals surface area contributed by atoms with E-state index in [0.717, 1.165) is 39.0 Å². The van der Waals surface area contributed by atoms with Crippen LogP contribution in [0.25, 0.3) is 0 Å². The van der Waals surface area contributed by atoms with Crippen LogP contribution in [-0.4, -0.2) is 71.3 Å². The summed E-state index contributed by atoms with van der Waals surface area (Å²) >= 11 is 0. The molecule has 2 aliphatic heterocycles. The molecule has 1 aromatic rings. The standard InChI is InChI=1S/C21H29N3O2/c1-21(2)18(14-19(25)22(21)3)20(26)24-10-8-23(9-11-24)17-12-15-6-4-5-7-16(15)13-17/h4-7,17-18H,8-14H2,1-3H3/t18-/m1/s1. The number of fused-ring (bicyclic) bond motifs is 1. The zero-order chi connectivity index (χ0) is 18.5. The van der Waals surface area contributed by atoms with Gasteiger partial charge in [0.05, 0.1) is 5.92 Å². The lowest BCUT2D eigenvalue weighted by Gasteiger charge is -2.41. The number of carbonyl (C=O) groups is 2. The molecule has 0 N–H and O–H groups in total. The van der Waals surface area contributed by atoms with E-state index in [2.05, 4.69) is 29.2 Å². The second-order valence-electron chi connectivity index (χ2n) is 8.56. The van der Waals surface area contributed by atoms with E-state index in [1.54, 1.807) is 4.90 Å². The Morgan fingerprint density at radius 2 is 1.58 bits per heavy atom. The minimum atomic E-state index is -0.390. The first kappa shape index (κ1) is 17.5. The van der Waals surface area contributed by atoms with Crippen molar-refractivity contribution in [2.45, 2.75) is 44.7 Å². The summed E-state index contributed by atoms with van der Waals surface area (Å²) in [7, 11) is 1.81. The molecule has 2 amide bonds. The number of carbonyl (C=O) groups excluding carboxylic acids is 2. The van der Waals surface area contributed by atoms with E-state index < -0.39 is 5.54 Å². The molecule has 140 valence electrons. The Bertz CT molecular complexity index is 697. The van der Waals surface area contributed by atoms with Crippen LogP contribution in [0, 0.1) is 5.92 Å². The van der Waals surface area contributed by atoms with Crippen LogP contribution in [0.3, 0.4) is 0 Å². The van der Waals surface area contributed by atoms with Crippen molar-refractivity contribution in [2.24, 2.45) is 5.92 Å². The van der Waals surface area contributed by atoms with Gasteiger partial charge in [-0.15, -0.1) is 0 Å². The molecule has 0 spiro atoms. The summed E-state index contributed by atoms with van der Waals surface area (Å²) in [6.45, 7) is 7.42. The minimum absolute atomic E-state index is 0.0794. The van der Waals surface area contributed by atoms with Crippen LogP contribution < -0.4 is 0 Å². The van der Waals surface area contributed by atoms with Crippen molar-refractivity contribution >= 4 is 11.8 Å². The fourth-order valence-electron chi connectivity index (χ4n) is 4.83. The lowest BCUT2D eigenvalue weighted by atomic mass is 9.87. The molecule has 5 nitrogen and oxygen atoms in total. The molecule has 1 aliphatic carbocycles. The third-order valence-electron chi connectivity index (χ3n) is 6.94. The maximum atomic E-state index is 13.0. The summed E-state index contributed by atoms with van der Waals surface area (Å²) in [6.07, 6.45) is 2.60. The maximum Gasteiger partial charge on any atom is 0.228 e. The molecule has 26 heavy (non-hydrogen) atoms. The predicted octanol–water partition coefficient (Wildman–Crippen LogP) is 1.55. The first-order valence-corrected chi connectivity index (χ1v) is 9.74. The summed E-state index contributed by atoms with van der Waals surface area (Å²) < 4.78 is 0. The van der Waals surface area contributed by atoms with Crippen LogP contribution in [0.15, 0.2) is 24.3 Å². The monoisotopic (exact) mass is 355 g/mol. The summed E-state index contributed by atoms with van der Waals surface area (Å²) in [5.74, 6) is 0.0139. The maximum absolute atomic E-state index is 13.0. The van der Waals surface area contributed by atoms with E-state index >= 15 is 0 Å². The topological polar surface area (TPSA) is 43.9 Å². The summed E-state index contributed by atoms with van der Waals surface area (Å²) in [4.78, 5) is 31.4. The van der Waals surface area contributed by atoms with E-state index in [1.165, 1.54) is 11.1 Å². The third kappa shape index (κ3) is 2.82. The van der Waals surface area contributed by atoms with Crippen molar-refractivity contribution in [1.82, 2.24) is 14.7 Å². The predicted molar refractivity (Wildman–Crippen MR) is 101 cm³/mol. The quantitative estimate of drug-likeness (QED) is 0.809. The van der Waals surface area contributed by atoms with Crippen LogP contribution in [0.5, 0.6) is 0 Å². The second-order valence-corrected chi connectivity index (χ2v) is 8.56. The zero-order valence-corrected chi connectivity index (χ0v) is 16.1. The Morgan fingerprint density at radius 3 is 2.08 bits per heavy atom. The normalized spacial score (nSPS) is 26.4. The van der Waals surface area contributed by atoms with Gasteiger partial charge in [-0.3, -0.25) is 14.5 Å². The molecule has 0 aromatic heterocycles. The zero-order valence-electron chi connectivity index (χ0n) is 16.1. The molecule has 2 fully saturated rings. The fraction of sp³-hybridized carbons (Fsp3) is 0.619. The largest absolute Gasteiger partial charge is 0.340 e. The van der Waals surface area contributed by atoms with Crippen molar-refractivity contribution in [3.05, 3.63) is 35.4 Å². The Hall–Kier alpha value is -1.88. The molecule has 2 saturated heterocycles. The molecule has 0 bridgehead atoms. The van der Waals surface area contributed by atoms with Gasteiger partial charge in [0.15, 0.2) is 0 Å². The van der Waals surface area contributed by atoms with Gasteiger partial charge in [0, 0.05) is 51.2 Å². The number of nitrogens with zero attached hydrogens (tertiary/aromatic N) is 3. The lowest BCUT2D eigenvalue weighted by molar-refractivity contribution is -0.139. The third-order valence-corrected chi connectivity index (χ3v) is 6.94. The van der Waals surface area contributed by atoms with Gasteiger partial charge in [-0.05, 0) is 37.8 Å². The Morgan fingerprint density at radius 1 is 1.00 bits per heavy atom. The molecule has 4 rings (SSSR count). The average molecular weight is 355 g/mol. The minimum Gasteiger partial charge on any atom is -0.340 e. The van der Waals surface area contributed by atoms with Gasteiger partial charge < -0.3 is 9.80 Å². The van der Waals surface area contributed by atoms with E-state index in [9.17, 15) is 9.59 Å². The molecule has 0 saturated carbocycles. The van der Waals surface area contributed by atoms with E-state index in [0.29, 0.717) is 12.5 Å². The highest BCUT2D eigenvalue weighted by molar-refractivity contribution is 5.91. The van der Waals surface area contributed by atoms with Gasteiger partial charge in [-0.2, -0.15) is 0 Å². The molecule has 2 heterocycles. The Labute approximate surface area is 155 Å². The molecule has 0 unspecified atom stereocenters. The van der Waals surface area contributed by atoms with Crippen LogP contribution in [0.4, 0.5) is 0 Å². The van der Waals surface area contributed by atoms with Gasteiger partial charge in [0.1, 0.15) is 0 Å². The lowest BCUT2D eigenvalue weighted by Crippen LogP contribution is -2.55. The van der Waals surface area contributed by atoms with Crippen molar-refractivity contribution in [1.29, 1.82) is 0 Å². The molecule has 5 heteroatoms. The molecule has 3 aliphatic rings. The van der Waals surface area contributed by atoms with Crippen LogP contribution in [-0.2, 0) is 22.4 Å². The van der Waals surface area contributed by atoms with Crippen LogP contribution in [0.2, 0.25) is 0 Å². The van der Waals surface area contributed by atoms with Crippen molar-refractivity contribution in [2.75, 3.05) is 33.2 Å². The van der Waals surface area contributed by atoms with Gasteiger partial charge in [-0.1, -0.05) is 24.3 Å². The van der Waals surface area contributed by atoms with Crippen molar-refractivity contribution in [3.8, 4) is 0 Å². The van der Waals surface area contributed by atoms with Crippen molar-refractivity contribution in [3.63, 3.8) is 0 Å². The van der Waals surface area contributed by atoms with E-state index in [4.69, 9.17) is 0 Å². The second kappa shape index (κ2) is 6.38. The number of hydrogen-bond acceptors (Lipinski definition) is 3. The summed E-state index contributed by atoms with van der Waals surface area (Å²) in [6, 6.07) is 9.30. The Kier molecular flexibility index (Phi) is 4.30. The van der Waals surface area contributed by atoms with E-state index in [-0.39, 0.29) is 17.7 Å². The number of rotatable bonds is 2. The smallest absolute Gasteiger partial charge is 0.228 e. The van der Waals surface area contributed by atoms with Gasteiger partial charge in [-0.25, -0.2) is 0 Å². The Balaban J connectivity index is 1.36. The molecule has 1 aromatic carbocycles. The van der Waals surface area contributed by atoms with E-state index in [1.807, 2.05) is 25.8 Å². The highest BCUT2D eigenvalue weighted by Gasteiger charge is 2.49. The van der Waals surface area contributed by atoms with Gasteiger partial charge >= 0.3 is 0 Å².